The molecule has 2 aromatic rings. The average Bonchev–Trinajstić information content (AvgIpc) is 1.64. The van der Waals surface area contributed by atoms with Gasteiger partial charge in [0, 0.05) is 64.6 Å². The Labute approximate surface area is 498 Å². The Kier molecular flexibility index (Phi) is 19.3. The molecule has 21 heteroatoms. The molecule has 4 aliphatic heterocycles. The van der Waals surface area contributed by atoms with Gasteiger partial charge >= 0.3 is 5.97 Å². The van der Waals surface area contributed by atoms with E-state index in [9.17, 15) is 35.1 Å². The second-order valence-corrected chi connectivity index (χ2v) is 25.2. The molecule has 7 fully saturated rings. The van der Waals surface area contributed by atoms with E-state index in [2.05, 4.69) is 6.58 Å². The number of carbonyl (C=O) groups excluding carboxylic acids is 2. The van der Waals surface area contributed by atoms with Crippen molar-refractivity contribution in [2.75, 3.05) is 35.0 Å². The highest BCUT2D eigenvalue weighted by Crippen LogP contribution is 2.71. The van der Waals surface area contributed by atoms with Gasteiger partial charge in [0.1, 0.15) is 71.9 Å². The first-order valence-electron chi connectivity index (χ1n) is 30.2. The number of carbonyl (C=O) groups is 2. The molecular weight excluding hydrogens is 1100 g/mol. The summed E-state index contributed by atoms with van der Waals surface area (Å²) >= 11 is 0. The topological polar surface area (TPSA) is 265 Å². The van der Waals surface area contributed by atoms with Crippen molar-refractivity contribution >= 4 is 17.5 Å². The molecule has 0 bridgehead atoms. The Morgan fingerprint density at radius 3 is 1.69 bits per heavy atom. The Balaban J connectivity index is 0.810. The number of rotatable bonds is 19. The maximum atomic E-state index is 13.9. The van der Waals surface area contributed by atoms with Crippen LogP contribution in [-0.2, 0) is 71.1 Å². The molecule has 472 valence electrons. The molecule has 85 heavy (non-hydrogen) atoms. The van der Waals surface area contributed by atoms with Gasteiger partial charge in [0.05, 0.1) is 59.8 Å². The Bertz CT molecular complexity index is 2660. The molecule has 0 aromatic heterocycles. The Hall–Kier alpha value is -3.82. The molecule has 4 saturated heterocycles. The molecule has 4 heterocycles. The molecule has 8 aliphatic rings. The fraction of sp³-hybridized carbons (Fsp3) is 0.719. The van der Waals surface area contributed by atoms with Crippen LogP contribution in [0.3, 0.4) is 0 Å². The number of aliphatic hydroxyl groups is 5. The van der Waals surface area contributed by atoms with E-state index in [0.717, 1.165) is 5.57 Å². The van der Waals surface area contributed by atoms with Gasteiger partial charge in [-0.3, -0.25) is 4.79 Å². The first-order valence-corrected chi connectivity index (χ1v) is 30.2. The SMILES string of the molecule is C=C(OC1CC2C3(COC(=O)c4ccccc4)CCC(OC4CC(OC)C(OC5CC(OC)C(OC6CC(OC)C(OC7OC(C)C(O)C(OC)C7O)C(C)O6)C(C)O5)C(C)O4)CC3=CCC2(O)C2(O)CCC(O)(C(C)=O)C12C)c1ccccc1. The molecule has 10 rings (SSSR count). The lowest BCUT2D eigenvalue weighted by atomic mass is 9.42. The summed E-state index contributed by atoms with van der Waals surface area (Å²) in [6.07, 6.45) is -9.41. The van der Waals surface area contributed by atoms with E-state index >= 15 is 0 Å². The molecule has 2 aromatic carbocycles. The number of hydrogen-bond donors (Lipinski definition) is 5. The highest BCUT2D eigenvalue weighted by Gasteiger charge is 2.82. The van der Waals surface area contributed by atoms with Crippen molar-refractivity contribution in [3.63, 3.8) is 0 Å². The highest BCUT2D eigenvalue weighted by molar-refractivity contribution is 5.89. The van der Waals surface area contributed by atoms with E-state index < -0.39 is 156 Å². The molecular formula is C64H90O21. The molecule has 3 saturated carbocycles. The van der Waals surface area contributed by atoms with Crippen molar-refractivity contribution < 1.29 is 101 Å². The van der Waals surface area contributed by atoms with Gasteiger partial charge in [0.25, 0.3) is 0 Å². The first-order chi connectivity index (χ1) is 40.5. The van der Waals surface area contributed by atoms with Gasteiger partial charge in [-0.25, -0.2) is 4.79 Å². The zero-order chi connectivity index (χ0) is 61.0. The van der Waals surface area contributed by atoms with E-state index in [-0.39, 0.29) is 50.6 Å². The summed E-state index contributed by atoms with van der Waals surface area (Å²) in [5, 5.41) is 60.8. The number of ether oxygens (including phenoxy) is 14. The summed E-state index contributed by atoms with van der Waals surface area (Å²) in [5.74, 6) is -1.58. The van der Waals surface area contributed by atoms with Crippen molar-refractivity contribution in [2.24, 2.45) is 16.7 Å². The second-order valence-electron chi connectivity index (χ2n) is 25.2. The first kappa shape index (κ1) is 64.2. The summed E-state index contributed by atoms with van der Waals surface area (Å²) in [6, 6.07) is 18.0. The van der Waals surface area contributed by atoms with Crippen LogP contribution in [0.4, 0.5) is 0 Å². The lowest BCUT2D eigenvalue weighted by Crippen LogP contribution is -2.78. The molecule has 21 nitrogen and oxygen atoms in total. The third-order valence-electron chi connectivity index (χ3n) is 20.8. The van der Waals surface area contributed by atoms with Crippen LogP contribution in [0.15, 0.2) is 78.9 Å². The van der Waals surface area contributed by atoms with Crippen molar-refractivity contribution in [1.82, 2.24) is 0 Å². The molecule has 4 aliphatic carbocycles. The molecule has 0 amide bonds. The van der Waals surface area contributed by atoms with E-state index in [4.69, 9.17) is 66.3 Å². The monoisotopic (exact) mass is 1190 g/mol. The van der Waals surface area contributed by atoms with Crippen LogP contribution in [0.2, 0.25) is 0 Å². The van der Waals surface area contributed by atoms with Gasteiger partial charge in [-0.05, 0) is 98.6 Å². The van der Waals surface area contributed by atoms with E-state index in [0.29, 0.717) is 43.2 Å². The predicted octanol–water partition coefficient (Wildman–Crippen LogP) is 5.47. The van der Waals surface area contributed by atoms with Crippen molar-refractivity contribution in [3.05, 3.63) is 90.0 Å². The summed E-state index contributed by atoms with van der Waals surface area (Å²) in [4.78, 5) is 27.5. The number of fused-ring (bicyclic) bond motifs is 5. The standard InChI is InChI=1S/C64H90O21/c1-34(40-18-14-12-15-19-40)77-48-32-47-61(33-76-58(68)41-20-16-13-17-21-41)24-23-43(28-42(61)22-25-63(47,70)64(71)27-26-62(69,39(6)65)60(48,64)7)82-49-29-44(72-8)54(36(3)78-49)83-50-30-45(73-9)55(37(4)79-50)84-51-31-46(74-10)56(38(5)80-51)85-59-53(67)57(75-11)52(66)35(2)81-59/h12-22,35-38,43-57,59,66-67,69-71H,1,23-33H2,2-11H3. The number of esters is 1. The van der Waals surface area contributed by atoms with Gasteiger partial charge in [-0.15, -0.1) is 0 Å². The largest absolute Gasteiger partial charge is 0.490 e. The van der Waals surface area contributed by atoms with Crippen LogP contribution in [0, 0.1) is 16.7 Å². The van der Waals surface area contributed by atoms with E-state index in [1.165, 1.54) is 14.0 Å². The number of ketones is 1. The lowest BCUT2D eigenvalue weighted by Gasteiger charge is -2.67. The zero-order valence-corrected chi connectivity index (χ0v) is 50.7. The van der Waals surface area contributed by atoms with Gasteiger partial charge in [-0.2, -0.15) is 0 Å². The Morgan fingerprint density at radius 2 is 1.16 bits per heavy atom. The van der Waals surface area contributed by atoms with Gasteiger partial charge < -0.3 is 91.8 Å². The van der Waals surface area contributed by atoms with Crippen molar-refractivity contribution in [1.29, 1.82) is 0 Å². The smallest absolute Gasteiger partial charge is 0.338 e. The number of aliphatic hydroxyl groups excluding tert-OH is 2. The third-order valence-corrected chi connectivity index (χ3v) is 20.8. The summed E-state index contributed by atoms with van der Waals surface area (Å²) in [6.45, 7) is 14.4. The molecule has 25 atom stereocenters. The van der Waals surface area contributed by atoms with Crippen LogP contribution >= 0.6 is 0 Å². The summed E-state index contributed by atoms with van der Waals surface area (Å²) in [7, 11) is 6.22. The van der Waals surface area contributed by atoms with Crippen LogP contribution in [0.5, 0.6) is 0 Å². The number of benzene rings is 2. The van der Waals surface area contributed by atoms with Crippen LogP contribution < -0.4 is 0 Å². The molecule has 0 spiro atoms. The summed E-state index contributed by atoms with van der Waals surface area (Å²) < 4.78 is 88.3. The predicted molar refractivity (Wildman–Crippen MR) is 303 cm³/mol. The maximum absolute atomic E-state index is 13.9. The Morgan fingerprint density at radius 1 is 0.635 bits per heavy atom. The quantitative estimate of drug-likeness (QED) is 0.0663. The average molecular weight is 1200 g/mol. The fourth-order valence-electron chi connectivity index (χ4n) is 15.9. The van der Waals surface area contributed by atoms with E-state index in [1.54, 1.807) is 59.4 Å². The normalized spacial score (nSPS) is 45.3. The van der Waals surface area contributed by atoms with Crippen LogP contribution in [-0.4, -0.2) is 206 Å². The van der Waals surface area contributed by atoms with E-state index in [1.807, 2.05) is 63.2 Å². The minimum absolute atomic E-state index is 0.00898. The number of Topliss-reactive ketones (excluding diaryl/α,β-unsaturated/α-hetero) is 1. The van der Waals surface area contributed by atoms with Crippen molar-refractivity contribution in [2.45, 2.75) is 239 Å². The molecule has 5 N–H and O–H groups in total. The zero-order valence-electron chi connectivity index (χ0n) is 50.7. The van der Waals surface area contributed by atoms with Gasteiger partial charge in [0.2, 0.25) is 0 Å². The summed E-state index contributed by atoms with van der Waals surface area (Å²) in [5.41, 5.74) is -6.80. The van der Waals surface area contributed by atoms with Crippen molar-refractivity contribution in [3.8, 4) is 0 Å². The van der Waals surface area contributed by atoms with Gasteiger partial charge in [-0.1, -0.05) is 66.8 Å². The lowest BCUT2D eigenvalue weighted by molar-refractivity contribution is -0.356. The molecule has 25 unspecified atom stereocenters. The second kappa shape index (κ2) is 25.6. The highest BCUT2D eigenvalue weighted by atomic mass is 16.8. The maximum Gasteiger partial charge on any atom is 0.338 e. The van der Waals surface area contributed by atoms with Crippen LogP contribution in [0.25, 0.3) is 5.76 Å². The third kappa shape index (κ3) is 11.5. The van der Waals surface area contributed by atoms with Crippen LogP contribution in [0.1, 0.15) is 122 Å². The van der Waals surface area contributed by atoms with Gasteiger partial charge in [0.15, 0.2) is 30.9 Å². The number of hydrogen-bond acceptors (Lipinski definition) is 21. The minimum atomic E-state index is -2.05. The minimum Gasteiger partial charge on any atom is -0.490 e. The number of methoxy groups -OCH3 is 4. The fourth-order valence-corrected chi connectivity index (χ4v) is 15.9. The molecule has 0 radical (unpaired) electrons.